The van der Waals surface area contributed by atoms with E-state index >= 15 is 0 Å². The molecule has 0 atom stereocenters. The standard InChI is InChI=1S/C13H17N5O3/c1-20-11-3-2-9(13(14)18-19)6-10(11)7-15-5-4-12-16-8-17-21-12/h2-3,6,8,15,19H,4-5,7H2,1H3,(H2,14,18). The van der Waals surface area contributed by atoms with Crippen molar-refractivity contribution in [2.75, 3.05) is 13.7 Å². The Labute approximate surface area is 121 Å². The molecule has 1 heterocycles. The van der Waals surface area contributed by atoms with E-state index in [0.29, 0.717) is 31.0 Å². The van der Waals surface area contributed by atoms with Crippen LogP contribution in [0.15, 0.2) is 34.2 Å². The lowest BCUT2D eigenvalue weighted by Gasteiger charge is -2.11. The van der Waals surface area contributed by atoms with Gasteiger partial charge in [0.1, 0.15) is 5.75 Å². The molecule has 1 aromatic heterocycles. The maximum atomic E-state index is 8.72. The highest BCUT2D eigenvalue weighted by Crippen LogP contribution is 2.19. The van der Waals surface area contributed by atoms with Crippen molar-refractivity contribution in [3.63, 3.8) is 0 Å². The number of hydrogen-bond acceptors (Lipinski definition) is 7. The number of hydrogen-bond donors (Lipinski definition) is 3. The molecule has 0 aliphatic rings. The Hall–Kier alpha value is -2.61. The molecule has 0 amide bonds. The molecule has 8 nitrogen and oxygen atoms in total. The minimum absolute atomic E-state index is 0.0600. The van der Waals surface area contributed by atoms with E-state index < -0.39 is 0 Å². The Morgan fingerprint density at radius 3 is 3.05 bits per heavy atom. The number of aromatic nitrogens is 2. The highest BCUT2D eigenvalue weighted by molar-refractivity contribution is 5.97. The molecule has 0 aliphatic carbocycles. The fraction of sp³-hybridized carbons (Fsp3) is 0.308. The molecule has 0 fully saturated rings. The molecule has 4 N–H and O–H groups in total. The number of benzene rings is 1. The zero-order valence-corrected chi connectivity index (χ0v) is 11.6. The summed E-state index contributed by atoms with van der Waals surface area (Å²) in [7, 11) is 1.60. The lowest BCUT2D eigenvalue weighted by atomic mass is 10.1. The number of methoxy groups -OCH3 is 1. The maximum Gasteiger partial charge on any atom is 0.227 e. The second-order valence-electron chi connectivity index (χ2n) is 4.27. The van der Waals surface area contributed by atoms with Crippen LogP contribution in [0, 0.1) is 0 Å². The number of amidine groups is 1. The van der Waals surface area contributed by atoms with E-state index in [2.05, 4.69) is 20.6 Å². The molecule has 0 unspecified atom stereocenters. The topological polar surface area (TPSA) is 119 Å². The van der Waals surface area contributed by atoms with Gasteiger partial charge in [0.2, 0.25) is 5.89 Å². The molecule has 2 aromatic rings. The second-order valence-corrected chi connectivity index (χ2v) is 4.27. The van der Waals surface area contributed by atoms with Crippen LogP contribution < -0.4 is 15.8 Å². The number of rotatable bonds is 7. The molecule has 0 spiro atoms. The third kappa shape index (κ3) is 3.93. The van der Waals surface area contributed by atoms with Gasteiger partial charge >= 0.3 is 0 Å². The summed E-state index contributed by atoms with van der Waals surface area (Å²) in [6.45, 7) is 1.25. The first-order valence-electron chi connectivity index (χ1n) is 6.35. The number of nitrogens with one attached hydrogen (secondary N) is 1. The molecule has 0 aliphatic heterocycles. The molecule has 0 saturated carbocycles. The highest BCUT2D eigenvalue weighted by Gasteiger charge is 2.07. The largest absolute Gasteiger partial charge is 0.496 e. The van der Waals surface area contributed by atoms with Gasteiger partial charge in [-0.3, -0.25) is 0 Å². The summed E-state index contributed by atoms with van der Waals surface area (Å²) in [5.74, 6) is 1.37. The lowest BCUT2D eigenvalue weighted by molar-refractivity contribution is 0.318. The molecular formula is C13H17N5O3. The Bertz CT molecular complexity index is 598. The van der Waals surface area contributed by atoms with Gasteiger partial charge in [-0.25, -0.2) is 0 Å². The van der Waals surface area contributed by atoms with E-state index in [1.165, 1.54) is 6.33 Å². The van der Waals surface area contributed by atoms with E-state index in [1.54, 1.807) is 19.2 Å². The SMILES string of the molecule is COc1ccc(/C(N)=N/O)cc1CNCCc1ncno1. The summed E-state index contributed by atoms with van der Waals surface area (Å²) in [5.41, 5.74) is 7.13. The number of ether oxygens (including phenoxy) is 1. The van der Waals surface area contributed by atoms with Gasteiger partial charge in [0.25, 0.3) is 0 Å². The van der Waals surface area contributed by atoms with Crippen LogP contribution in [0.4, 0.5) is 0 Å². The normalized spacial score (nSPS) is 11.6. The van der Waals surface area contributed by atoms with Gasteiger partial charge in [0.05, 0.1) is 7.11 Å². The summed E-state index contributed by atoms with van der Waals surface area (Å²) in [6.07, 6.45) is 2.01. The summed E-state index contributed by atoms with van der Waals surface area (Å²) in [6, 6.07) is 5.33. The molecule has 21 heavy (non-hydrogen) atoms. The van der Waals surface area contributed by atoms with Gasteiger partial charge in [0.15, 0.2) is 12.2 Å². The van der Waals surface area contributed by atoms with E-state index in [9.17, 15) is 0 Å². The average molecular weight is 291 g/mol. The summed E-state index contributed by atoms with van der Waals surface area (Å²) in [5, 5.41) is 18.5. The third-order valence-electron chi connectivity index (χ3n) is 2.92. The van der Waals surface area contributed by atoms with Crippen molar-refractivity contribution >= 4 is 5.84 Å². The van der Waals surface area contributed by atoms with Crippen LogP contribution in [0.5, 0.6) is 5.75 Å². The van der Waals surface area contributed by atoms with Crippen molar-refractivity contribution in [3.8, 4) is 5.75 Å². The molecule has 1 aromatic carbocycles. The van der Waals surface area contributed by atoms with Crippen LogP contribution in [-0.2, 0) is 13.0 Å². The second kappa shape index (κ2) is 7.25. The molecule has 2 rings (SSSR count). The van der Waals surface area contributed by atoms with Crippen LogP contribution in [0.2, 0.25) is 0 Å². The maximum absolute atomic E-state index is 8.72. The van der Waals surface area contributed by atoms with Gasteiger partial charge in [-0.1, -0.05) is 10.3 Å². The van der Waals surface area contributed by atoms with Gasteiger partial charge < -0.3 is 25.5 Å². The first-order chi connectivity index (χ1) is 10.2. The number of nitrogens with zero attached hydrogens (tertiary/aromatic N) is 3. The van der Waals surface area contributed by atoms with E-state index in [-0.39, 0.29) is 5.84 Å². The molecule has 0 bridgehead atoms. The van der Waals surface area contributed by atoms with Gasteiger partial charge in [0, 0.05) is 30.6 Å². The monoisotopic (exact) mass is 291 g/mol. The van der Waals surface area contributed by atoms with Crippen molar-refractivity contribution in [2.45, 2.75) is 13.0 Å². The van der Waals surface area contributed by atoms with E-state index in [4.69, 9.17) is 20.2 Å². The van der Waals surface area contributed by atoms with Gasteiger partial charge in [-0.05, 0) is 18.2 Å². The fourth-order valence-corrected chi connectivity index (χ4v) is 1.86. The average Bonchev–Trinajstić information content (AvgIpc) is 3.04. The van der Waals surface area contributed by atoms with Crippen molar-refractivity contribution in [3.05, 3.63) is 41.5 Å². The minimum Gasteiger partial charge on any atom is -0.496 e. The summed E-state index contributed by atoms with van der Waals surface area (Å²) >= 11 is 0. The Kier molecular flexibility index (Phi) is 5.10. The van der Waals surface area contributed by atoms with Crippen molar-refractivity contribution in [2.24, 2.45) is 10.9 Å². The van der Waals surface area contributed by atoms with Crippen molar-refractivity contribution in [1.29, 1.82) is 0 Å². The zero-order valence-electron chi connectivity index (χ0n) is 11.6. The molecule has 112 valence electrons. The quantitative estimate of drug-likeness (QED) is 0.223. The fourth-order valence-electron chi connectivity index (χ4n) is 1.86. The van der Waals surface area contributed by atoms with Crippen LogP contribution in [0.1, 0.15) is 17.0 Å². The molecule has 8 heteroatoms. The van der Waals surface area contributed by atoms with Crippen molar-refractivity contribution < 1.29 is 14.5 Å². The Balaban J connectivity index is 1.97. The lowest BCUT2D eigenvalue weighted by Crippen LogP contribution is -2.18. The van der Waals surface area contributed by atoms with Crippen LogP contribution >= 0.6 is 0 Å². The first-order valence-corrected chi connectivity index (χ1v) is 6.35. The predicted octanol–water partition coefficient (Wildman–Crippen LogP) is 0.505. The van der Waals surface area contributed by atoms with Crippen LogP contribution in [0.25, 0.3) is 0 Å². The summed E-state index contributed by atoms with van der Waals surface area (Å²) < 4.78 is 10.2. The predicted molar refractivity (Wildman–Crippen MR) is 75.2 cm³/mol. The molecule has 0 saturated heterocycles. The smallest absolute Gasteiger partial charge is 0.227 e. The highest BCUT2D eigenvalue weighted by atomic mass is 16.5. The van der Waals surface area contributed by atoms with E-state index in [1.807, 2.05) is 6.07 Å². The first kappa shape index (κ1) is 14.8. The molecular weight excluding hydrogens is 274 g/mol. The van der Waals surface area contributed by atoms with Crippen LogP contribution in [-0.4, -0.2) is 34.8 Å². The number of oxime groups is 1. The Morgan fingerprint density at radius 2 is 2.38 bits per heavy atom. The number of nitrogens with two attached hydrogens (primary N) is 1. The van der Waals surface area contributed by atoms with Crippen LogP contribution in [0.3, 0.4) is 0 Å². The summed E-state index contributed by atoms with van der Waals surface area (Å²) in [4.78, 5) is 3.94. The minimum atomic E-state index is 0.0600. The Morgan fingerprint density at radius 1 is 1.52 bits per heavy atom. The van der Waals surface area contributed by atoms with Gasteiger partial charge in [-0.2, -0.15) is 4.98 Å². The van der Waals surface area contributed by atoms with Crippen molar-refractivity contribution in [1.82, 2.24) is 15.5 Å². The van der Waals surface area contributed by atoms with E-state index in [0.717, 1.165) is 11.3 Å². The van der Waals surface area contributed by atoms with Gasteiger partial charge in [-0.15, -0.1) is 0 Å². The zero-order chi connectivity index (χ0) is 15.1. The molecule has 0 radical (unpaired) electrons. The third-order valence-corrected chi connectivity index (χ3v) is 2.92.